The van der Waals surface area contributed by atoms with Gasteiger partial charge in [-0.2, -0.15) is 0 Å². The van der Waals surface area contributed by atoms with Crippen molar-refractivity contribution < 1.29 is 4.79 Å². The Morgan fingerprint density at radius 2 is 1.68 bits per heavy atom. The number of nitrogens with one attached hydrogen (secondary N) is 1. The molecule has 37 heavy (non-hydrogen) atoms. The summed E-state index contributed by atoms with van der Waals surface area (Å²) in [4.78, 5) is 29.3. The number of carbonyl (C=O) groups is 1. The number of carbonyl (C=O) groups excluding carboxylic acids is 1. The third-order valence-electron chi connectivity index (χ3n) is 8.04. The minimum absolute atomic E-state index is 0.106. The molecule has 1 N–H and O–H groups in total. The van der Waals surface area contributed by atoms with Crippen LogP contribution in [0.1, 0.15) is 23.3 Å². The first kappa shape index (κ1) is 23.9. The van der Waals surface area contributed by atoms with Gasteiger partial charge >= 0.3 is 0 Å². The molecular weight excluding hydrogens is 462 g/mol. The average Bonchev–Trinajstić information content (AvgIpc) is 3.25. The molecule has 4 aromatic rings. The molecule has 5 heterocycles. The summed E-state index contributed by atoms with van der Waals surface area (Å²) < 4.78 is 2.02. The number of hydrogen-bond donors (Lipinski definition) is 1. The molecule has 1 amide bonds. The maximum absolute atomic E-state index is 13.3. The Hall–Kier alpha value is -3.49. The van der Waals surface area contributed by atoms with Crippen molar-refractivity contribution >= 4 is 33.4 Å². The number of likely N-dealkylation sites (N-methyl/N-ethyl adjacent to an activating group) is 1. The van der Waals surface area contributed by atoms with Gasteiger partial charge in [0.2, 0.25) is 0 Å². The fraction of sp³-hybridized carbons (Fsp3) is 0.414. The standard InChI is InChI=1S/C29H35N7O/c1-33-10-7-22(8-11-33)31-26-18-25(32-24-6-9-30-19-23(24)26)20-4-5-27-21(16-20)17-28(35(27)3)29(37)36-14-12-34(2)13-15-36/h4-6,9,16-19,22H,7-8,10-15H2,1-3H3,(H,31,32). The van der Waals surface area contributed by atoms with Gasteiger partial charge < -0.3 is 24.6 Å². The van der Waals surface area contributed by atoms with Crippen LogP contribution in [0.15, 0.2) is 48.8 Å². The van der Waals surface area contributed by atoms with Crippen molar-refractivity contribution in [3.05, 3.63) is 54.5 Å². The van der Waals surface area contributed by atoms with E-state index in [0.717, 1.165) is 96.6 Å². The fourth-order valence-corrected chi connectivity index (χ4v) is 5.59. The normalized spacial score (nSPS) is 18.1. The highest BCUT2D eigenvalue weighted by molar-refractivity contribution is 6.00. The Morgan fingerprint density at radius 3 is 2.46 bits per heavy atom. The van der Waals surface area contributed by atoms with Crippen LogP contribution in [0.3, 0.4) is 0 Å². The van der Waals surface area contributed by atoms with E-state index in [4.69, 9.17) is 4.98 Å². The molecule has 3 aromatic heterocycles. The monoisotopic (exact) mass is 497 g/mol. The third kappa shape index (κ3) is 4.67. The molecule has 2 aliphatic rings. The number of aromatic nitrogens is 3. The second-order valence-electron chi connectivity index (χ2n) is 10.6. The van der Waals surface area contributed by atoms with E-state index in [1.807, 2.05) is 34.8 Å². The average molecular weight is 498 g/mol. The molecule has 0 bridgehead atoms. The zero-order valence-electron chi connectivity index (χ0n) is 21.9. The number of anilines is 1. The SMILES string of the molecule is CN1CCC(Nc2cc(-c3ccc4c(c3)cc(C(=O)N3CCN(C)CC3)n4C)nc3ccncc23)CC1. The van der Waals surface area contributed by atoms with Crippen LogP contribution < -0.4 is 5.32 Å². The van der Waals surface area contributed by atoms with Gasteiger partial charge in [-0.05, 0) is 70.4 Å². The quantitative estimate of drug-likeness (QED) is 0.464. The number of hydrogen-bond acceptors (Lipinski definition) is 6. The van der Waals surface area contributed by atoms with Gasteiger partial charge in [-0.25, -0.2) is 4.98 Å². The highest BCUT2D eigenvalue weighted by atomic mass is 16.2. The molecule has 0 spiro atoms. The summed E-state index contributed by atoms with van der Waals surface area (Å²) in [6.45, 7) is 5.57. The lowest BCUT2D eigenvalue weighted by Crippen LogP contribution is -2.47. The van der Waals surface area contributed by atoms with Crippen LogP contribution in [0.4, 0.5) is 5.69 Å². The van der Waals surface area contributed by atoms with Crippen LogP contribution in [0, 0.1) is 0 Å². The number of amides is 1. The largest absolute Gasteiger partial charge is 0.382 e. The predicted molar refractivity (Wildman–Crippen MR) is 149 cm³/mol. The van der Waals surface area contributed by atoms with E-state index in [2.05, 4.69) is 58.5 Å². The summed E-state index contributed by atoms with van der Waals surface area (Å²) in [5.41, 5.74) is 5.77. The molecule has 0 atom stereocenters. The van der Waals surface area contributed by atoms with Crippen molar-refractivity contribution in [2.75, 3.05) is 58.7 Å². The summed E-state index contributed by atoms with van der Waals surface area (Å²) in [6, 6.07) is 13.0. The Kier molecular flexibility index (Phi) is 6.30. The predicted octanol–water partition coefficient (Wildman–Crippen LogP) is 3.68. The third-order valence-corrected chi connectivity index (χ3v) is 8.04. The Bertz CT molecular complexity index is 1450. The first-order valence-electron chi connectivity index (χ1n) is 13.2. The van der Waals surface area contributed by atoms with Crippen LogP contribution in [-0.4, -0.2) is 94.5 Å². The van der Waals surface area contributed by atoms with Gasteiger partial charge in [0.25, 0.3) is 5.91 Å². The lowest BCUT2D eigenvalue weighted by Gasteiger charge is -2.32. The van der Waals surface area contributed by atoms with Gasteiger partial charge in [0.15, 0.2) is 0 Å². The number of aryl methyl sites for hydroxylation is 1. The molecule has 8 nitrogen and oxygen atoms in total. The molecule has 2 fully saturated rings. The van der Waals surface area contributed by atoms with Gasteiger partial charge in [0, 0.05) is 79.2 Å². The number of likely N-dealkylation sites (tertiary alicyclic amines) is 1. The molecule has 0 radical (unpaired) electrons. The van der Waals surface area contributed by atoms with Gasteiger partial charge in [0.05, 0.1) is 11.2 Å². The Labute approximate surface area is 217 Å². The summed E-state index contributed by atoms with van der Waals surface area (Å²) >= 11 is 0. The molecule has 192 valence electrons. The lowest BCUT2D eigenvalue weighted by atomic mass is 10.0. The first-order valence-corrected chi connectivity index (χ1v) is 13.2. The van der Waals surface area contributed by atoms with Crippen molar-refractivity contribution in [2.24, 2.45) is 7.05 Å². The van der Waals surface area contributed by atoms with Crippen LogP contribution in [0.5, 0.6) is 0 Å². The zero-order chi connectivity index (χ0) is 25.5. The number of piperidine rings is 1. The van der Waals surface area contributed by atoms with Crippen LogP contribution in [0.2, 0.25) is 0 Å². The fourth-order valence-electron chi connectivity index (χ4n) is 5.59. The molecule has 2 saturated heterocycles. The van der Waals surface area contributed by atoms with Crippen LogP contribution >= 0.6 is 0 Å². The highest BCUT2D eigenvalue weighted by Crippen LogP contribution is 2.32. The van der Waals surface area contributed by atoms with Crippen molar-refractivity contribution in [3.63, 3.8) is 0 Å². The molecule has 2 aliphatic heterocycles. The van der Waals surface area contributed by atoms with E-state index in [1.54, 1.807) is 6.20 Å². The Morgan fingerprint density at radius 1 is 0.919 bits per heavy atom. The second kappa shape index (κ2) is 9.76. The number of nitrogens with zero attached hydrogens (tertiary/aromatic N) is 6. The number of fused-ring (bicyclic) bond motifs is 2. The molecule has 0 aliphatic carbocycles. The minimum Gasteiger partial charge on any atom is -0.382 e. The van der Waals surface area contributed by atoms with E-state index >= 15 is 0 Å². The summed E-state index contributed by atoms with van der Waals surface area (Å²) in [6.07, 6.45) is 5.95. The smallest absolute Gasteiger partial charge is 0.270 e. The lowest BCUT2D eigenvalue weighted by molar-refractivity contribution is 0.0655. The minimum atomic E-state index is 0.106. The number of pyridine rings is 2. The van der Waals surface area contributed by atoms with Gasteiger partial charge in [-0.3, -0.25) is 9.78 Å². The van der Waals surface area contributed by atoms with E-state index in [1.165, 1.54) is 0 Å². The van der Waals surface area contributed by atoms with E-state index in [9.17, 15) is 4.79 Å². The topological polar surface area (TPSA) is 69.5 Å². The van der Waals surface area contributed by atoms with E-state index in [-0.39, 0.29) is 5.91 Å². The molecule has 8 heteroatoms. The van der Waals surface area contributed by atoms with E-state index in [0.29, 0.717) is 6.04 Å². The van der Waals surface area contributed by atoms with Crippen molar-refractivity contribution in [1.82, 2.24) is 29.2 Å². The molecule has 6 rings (SSSR count). The van der Waals surface area contributed by atoms with E-state index < -0.39 is 0 Å². The van der Waals surface area contributed by atoms with Gasteiger partial charge in [0.1, 0.15) is 5.69 Å². The molecular formula is C29H35N7O. The second-order valence-corrected chi connectivity index (χ2v) is 10.6. The summed E-state index contributed by atoms with van der Waals surface area (Å²) in [5, 5.41) is 5.90. The summed E-state index contributed by atoms with van der Waals surface area (Å²) in [5.74, 6) is 0.106. The zero-order valence-corrected chi connectivity index (χ0v) is 21.9. The Balaban J connectivity index is 1.34. The summed E-state index contributed by atoms with van der Waals surface area (Å²) in [7, 11) is 6.27. The molecule has 1 aromatic carbocycles. The first-order chi connectivity index (χ1) is 18.0. The number of benzene rings is 1. The molecule has 0 saturated carbocycles. The number of piperazine rings is 1. The van der Waals surface area contributed by atoms with Gasteiger partial charge in [-0.15, -0.1) is 0 Å². The highest BCUT2D eigenvalue weighted by Gasteiger charge is 2.24. The maximum atomic E-state index is 13.3. The van der Waals surface area contributed by atoms with Crippen molar-refractivity contribution in [2.45, 2.75) is 18.9 Å². The van der Waals surface area contributed by atoms with Crippen LogP contribution in [-0.2, 0) is 7.05 Å². The van der Waals surface area contributed by atoms with Gasteiger partial charge in [-0.1, -0.05) is 6.07 Å². The molecule has 0 unspecified atom stereocenters. The number of rotatable bonds is 4. The van der Waals surface area contributed by atoms with Crippen molar-refractivity contribution in [1.29, 1.82) is 0 Å². The van der Waals surface area contributed by atoms with Crippen LogP contribution in [0.25, 0.3) is 33.1 Å². The van der Waals surface area contributed by atoms with Crippen molar-refractivity contribution in [3.8, 4) is 11.3 Å². The maximum Gasteiger partial charge on any atom is 0.270 e.